The van der Waals surface area contributed by atoms with Gasteiger partial charge < -0.3 is 89.9 Å². The summed E-state index contributed by atoms with van der Waals surface area (Å²) in [5.74, 6) is -0.314. The lowest BCUT2D eigenvalue weighted by atomic mass is 9.96. The minimum Gasteiger partial charge on any atom is -0.394 e. The summed E-state index contributed by atoms with van der Waals surface area (Å²) in [7, 11) is 0. The molecule has 89 heavy (non-hydrogen) atoms. The van der Waals surface area contributed by atoms with E-state index in [1.54, 1.807) is 12.2 Å². The fourth-order valence-electron chi connectivity index (χ4n) is 9.83. The molecule has 3 saturated heterocycles. The minimum absolute atomic E-state index is 0.207. The molecule has 3 aliphatic rings. The summed E-state index contributed by atoms with van der Waals surface area (Å²) in [5.41, 5.74) is 0. The first kappa shape index (κ1) is 78.9. The maximum Gasteiger partial charge on any atom is 0.220 e. The van der Waals surface area contributed by atoms with Gasteiger partial charge >= 0.3 is 0 Å². The number of nitrogens with one attached hydrogen (secondary N) is 1. The fourth-order valence-corrected chi connectivity index (χ4v) is 9.83. The van der Waals surface area contributed by atoms with Crippen molar-refractivity contribution in [3.63, 3.8) is 0 Å². The maximum atomic E-state index is 13.3. The molecule has 1 amide bonds. The molecule has 0 radical (unpaired) electrons. The Morgan fingerprint density at radius 1 is 0.416 bits per heavy atom. The average Bonchev–Trinajstić information content (AvgIpc) is 2.14. The molecule has 3 rings (SSSR count). The van der Waals surface area contributed by atoms with E-state index in [2.05, 4.69) is 153 Å². The summed E-state index contributed by atoms with van der Waals surface area (Å²) in [6.45, 7) is 1.41. The molecule has 12 N–H and O–H groups in total. The third-order valence-electron chi connectivity index (χ3n) is 15.1. The van der Waals surface area contributed by atoms with Crippen LogP contribution in [-0.4, -0.2) is 193 Å². The van der Waals surface area contributed by atoms with Gasteiger partial charge in [0.05, 0.1) is 38.6 Å². The monoisotopic (exact) mass is 1250 g/mol. The SMILES string of the molecule is CC/C=C\C/C=C\C/C=C\C/C=C\C/C=C\C/C=C\C/C=C\C/C=C\C/C=C\C/C=C\CCCCCCCCC(=O)NC(COC1OC(CO)C(OC2OC(CO)C(OC3OC(CO)C(O)C(O)C3O)C(O)C2O)C(O)C1O)C(O)/C=C/CC/C=C/CCC. The summed E-state index contributed by atoms with van der Waals surface area (Å²) < 4.78 is 34.1. The Kier molecular flexibility index (Phi) is 44.6. The van der Waals surface area contributed by atoms with Crippen molar-refractivity contribution >= 4 is 5.91 Å². The molecule has 0 aromatic heterocycles. The lowest BCUT2D eigenvalue weighted by molar-refractivity contribution is -0.379. The summed E-state index contributed by atoms with van der Waals surface area (Å²) in [6, 6.07) is -1.01. The van der Waals surface area contributed by atoms with Crippen molar-refractivity contribution in [1.82, 2.24) is 5.32 Å². The van der Waals surface area contributed by atoms with E-state index in [-0.39, 0.29) is 18.9 Å². The van der Waals surface area contributed by atoms with Crippen LogP contribution in [0.5, 0.6) is 0 Å². The van der Waals surface area contributed by atoms with Crippen LogP contribution < -0.4 is 5.32 Å². The van der Waals surface area contributed by atoms with E-state index in [0.717, 1.165) is 122 Å². The molecule has 0 aromatic rings. The quantitative estimate of drug-likeness (QED) is 0.0206. The number of hydrogen-bond donors (Lipinski definition) is 12. The number of hydrogen-bond acceptors (Lipinski definition) is 18. The molecule has 0 spiro atoms. The van der Waals surface area contributed by atoms with Crippen LogP contribution in [0, 0.1) is 0 Å². The van der Waals surface area contributed by atoms with Gasteiger partial charge in [-0.2, -0.15) is 0 Å². The van der Waals surface area contributed by atoms with Crippen molar-refractivity contribution in [3.05, 3.63) is 146 Å². The van der Waals surface area contributed by atoms with Crippen molar-refractivity contribution in [1.29, 1.82) is 0 Å². The molecule has 19 heteroatoms. The van der Waals surface area contributed by atoms with Crippen LogP contribution >= 0.6 is 0 Å². The first-order valence-electron chi connectivity index (χ1n) is 32.6. The molecule has 3 heterocycles. The van der Waals surface area contributed by atoms with Gasteiger partial charge in [0.1, 0.15) is 73.2 Å². The second-order valence-electron chi connectivity index (χ2n) is 22.5. The van der Waals surface area contributed by atoms with Crippen molar-refractivity contribution in [2.45, 2.75) is 259 Å². The maximum absolute atomic E-state index is 13.3. The van der Waals surface area contributed by atoms with Gasteiger partial charge in [-0.25, -0.2) is 0 Å². The summed E-state index contributed by atoms with van der Waals surface area (Å²) in [6.07, 6.45) is 44.6. The van der Waals surface area contributed by atoms with Crippen LogP contribution in [0.4, 0.5) is 0 Å². The van der Waals surface area contributed by atoms with Crippen molar-refractivity contribution in [3.8, 4) is 0 Å². The van der Waals surface area contributed by atoms with Gasteiger partial charge in [-0.05, 0) is 103 Å². The zero-order valence-electron chi connectivity index (χ0n) is 52.8. The number of allylic oxidation sites excluding steroid dienone is 23. The van der Waals surface area contributed by atoms with Gasteiger partial charge in [0, 0.05) is 6.42 Å². The van der Waals surface area contributed by atoms with E-state index >= 15 is 0 Å². The molecule has 0 bridgehead atoms. The average molecular weight is 1250 g/mol. The van der Waals surface area contributed by atoms with E-state index in [1.807, 2.05) is 0 Å². The predicted octanol–water partition coefficient (Wildman–Crippen LogP) is 7.59. The van der Waals surface area contributed by atoms with Gasteiger partial charge in [0.25, 0.3) is 0 Å². The van der Waals surface area contributed by atoms with Crippen LogP contribution in [0.1, 0.15) is 155 Å². The van der Waals surface area contributed by atoms with Crippen molar-refractivity contribution in [2.75, 3.05) is 26.4 Å². The van der Waals surface area contributed by atoms with E-state index < -0.39 is 124 Å². The molecule has 3 fully saturated rings. The van der Waals surface area contributed by atoms with E-state index in [0.29, 0.717) is 12.8 Å². The van der Waals surface area contributed by atoms with Crippen LogP contribution in [0.15, 0.2) is 146 Å². The zero-order chi connectivity index (χ0) is 64.7. The lowest BCUT2D eigenvalue weighted by Crippen LogP contribution is -2.66. The van der Waals surface area contributed by atoms with Gasteiger partial charge in [-0.1, -0.05) is 192 Å². The van der Waals surface area contributed by atoms with E-state index in [4.69, 9.17) is 28.4 Å². The van der Waals surface area contributed by atoms with E-state index in [1.165, 1.54) is 0 Å². The molecule has 3 aliphatic heterocycles. The zero-order valence-corrected chi connectivity index (χ0v) is 52.8. The van der Waals surface area contributed by atoms with Gasteiger partial charge in [-0.3, -0.25) is 4.79 Å². The van der Waals surface area contributed by atoms with E-state index in [9.17, 15) is 61.0 Å². The standard InChI is InChI=1S/C70H111NO18/c1-3-5-7-9-11-12-13-14-15-16-17-18-19-20-21-22-23-24-25-26-27-28-29-30-31-32-33-34-35-36-37-38-39-40-42-44-46-48-58(76)71-53(54(75)47-45-43-41-10-8-6-4-2)52-84-68-64(82)61(79)66(56(50-73)86-68)89-70-65(83)62(80)67(57(51-74)87-70)88-69-63(81)60(78)59(77)55(49-72)85-69/h5,7-8,10-12,14-15,17-18,20-21,23-24,26-27,29-30,32-33,35-36,45,47,53-57,59-70,72-75,77-83H,3-4,6,9,13,16,19,22,25,28,31,34,37-44,46,48-52H2,1-2H3,(H,71,76)/b7-5-,10-8+,12-11-,15-14-,18-17-,21-20-,24-23-,27-26-,30-29-,33-32-,36-35-,47-45+. The number of ether oxygens (including phenoxy) is 6. The largest absolute Gasteiger partial charge is 0.394 e. The third kappa shape index (κ3) is 32.7. The van der Waals surface area contributed by atoms with Crippen LogP contribution in [-0.2, 0) is 33.2 Å². The predicted molar refractivity (Wildman–Crippen MR) is 346 cm³/mol. The number of carbonyl (C=O) groups is 1. The molecule has 17 unspecified atom stereocenters. The number of carbonyl (C=O) groups excluding carboxylic acids is 1. The van der Waals surface area contributed by atoms with Crippen LogP contribution in [0.25, 0.3) is 0 Å². The number of aliphatic hydroxyl groups is 11. The van der Waals surface area contributed by atoms with Crippen molar-refractivity contribution in [2.24, 2.45) is 0 Å². The number of aliphatic hydroxyl groups excluding tert-OH is 11. The summed E-state index contributed by atoms with van der Waals surface area (Å²) in [5, 5.41) is 120. The second kappa shape index (κ2) is 50.3. The topological polar surface area (TPSA) is 307 Å². The molecule has 17 atom stereocenters. The Morgan fingerprint density at radius 3 is 1.25 bits per heavy atom. The number of rotatable bonds is 46. The third-order valence-corrected chi connectivity index (χ3v) is 15.1. The molecule has 0 aliphatic carbocycles. The Bertz CT molecular complexity index is 2180. The second-order valence-corrected chi connectivity index (χ2v) is 22.5. The normalized spacial score (nSPS) is 29.2. The first-order chi connectivity index (χ1) is 43.3. The summed E-state index contributed by atoms with van der Waals surface area (Å²) in [4.78, 5) is 13.3. The molecule has 0 aromatic carbocycles. The molecule has 0 saturated carbocycles. The van der Waals surface area contributed by atoms with Crippen molar-refractivity contribution < 1.29 is 89.4 Å². The fraction of sp³-hybridized carbons (Fsp3) is 0.643. The molecular formula is C70H111NO18. The Hall–Kier alpha value is -4.33. The first-order valence-corrected chi connectivity index (χ1v) is 32.6. The molecular weight excluding hydrogens is 1140 g/mol. The highest BCUT2D eigenvalue weighted by Crippen LogP contribution is 2.33. The number of unbranched alkanes of at least 4 members (excludes halogenated alkanes) is 8. The van der Waals surface area contributed by atoms with Gasteiger partial charge in [0.15, 0.2) is 18.9 Å². The Labute approximate surface area is 530 Å². The minimum atomic E-state index is -1.99. The highest BCUT2D eigenvalue weighted by molar-refractivity contribution is 5.76. The van der Waals surface area contributed by atoms with Crippen LogP contribution in [0.3, 0.4) is 0 Å². The lowest BCUT2D eigenvalue weighted by Gasteiger charge is -2.48. The summed E-state index contributed by atoms with van der Waals surface area (Å²) >= 11 is 0. The Morgan fingerprint density at radius 2 is 0.787 bits per heavy atom. The number of amides is 1. The van der Waals surface area contributed by atoms with Gasteiger partial charge in [0.2, 0.25) is 5.91 Å². The smallest absolute Gasteiger partial charge is 0.220 e. The van der Waals surface area contributed by atoms with Gasteiger partial charge in [-0.15, -0.1) is 0 Å². The van der Waals surface area contributed by atoms with Crippen LogP contribution in [0.2, 0.25) is 0 Å². The molecule has 19 nitrogen and oxygen atoms in total. The highest BCUT2D eigenvalue weighted by Gasteiger charge is 2.53. The highest BCUT2D eigenvalue weighted by atomic mass is 16.8. The Balaban J connectivity index is 1.33. The molecule has 504 valence electrons.